The molecule has 9 heteroatoms. The van der Waals surface area contributed by atoms with E-state index >= 15 is 0 Å². The van der Waals surface area contributed by atoms with Gasteiger partial charge in [0.1, 0.15) is 11.5 Å². The first-order chi connectivity index (χ1) is 14.5. The number of anilines is 1. The van der Waals surface area contributed by atoms with Crippen LogP contribution >= 0.6 is 27.3 Å². The fourth-order valence-electron chi connectivity index (χ4n) is 3.12. The van der Waals surface area contributed by atoms with Crippen molar-refractivity contribution in [1.82, 2.24) is 19.7 Å². The first kappa shape index (κ1) is 20.2. The molecule has 0 saturated heterocycles. The Bertz CT molecular complexity index is 1280. The van der Waals surface area contributed by atoms with E-state index in [1.165, 1.54) is 16.0 Å². The number of halogens is 1. The second-order valence-corrected chi connectivity index (χ2v) is 8.35. The van der Waals surface area contributed by atoms with Gasteiger partial charge in [-0.15, -0.1) is 11.3 Å². The van der Waals surface area contributed by atoms with Gasteiger partial charge in [0.25, 0.3) is 11.5 Å². The number of nitrogens with one attached hydrogen (secondary N) is 2. The molecule has 0 unspecified atom stereocenters. The average molecular weight is 484 g/mol. The molecule has 7 nitrogen and oxygen atoms in total. The molecule has 2 N–H and O–H groups in total. The van der Waals surface area contributed by atoms with Crippen LogP contribution in [0, 0.1) is 6.92 Å². The molecule has 4 aromatic rings. The second-order valence-electron chi connectivity index (χ2n) is 6.54. The molecule has 1 amide bonds. The number of carbonyl (C=O) groups excluding carboxylic acids is 1. The Kier molecular flexibility index (Phi) is 5.65. The lowest BCUT2D eigenvalue weighted by molar-refractivity contribution is 0.102. The van der Waals surface area contributed by atoms with Crippen molar-refractivity contribution < 1.29 is 4.79 Å². The van der Waals surface area contributed by atoms with Gasteiger partial charge < -0.3 is 5.32 Å². The first-order valence-corrected chi connectivity index (χ1v) is 10.9. The summed E-state index contributed by atoms with van der Waals surface area (Å²) in [5.74, 6) is 0.358. The Labute approximate surface area is 184 Å². The van der Waals surface area contributed by atoms with Crippen molar-refractivity contribution in [2.75, 3.05) is 5.32 Å². The van der Waals surface area contributed by atoms with Crippen molar-refractivity contribution in [3.63, 3.8) is 0 Å². The summed E-state index contributed by atoms with van der Waals surface area (Å²) >= 11 is 4.94. The lowest BCUT2D eigenvalue weighted by atomic mass is 10.2. The zero-order valence-corrected chi connectivity index (χ0v) is 18.7. The molecule has 0 bridgehead atoms. The van der Waals surface area contributed by atoms with Crippen LogP contribution in [0.25, 0.3) is 16.5 Å². The minimum atomic E-state index is -0.300. The predicted molar refractivity (Wildman–Crippen MR) is 122 cm³/mol. The smallest absolute Gasteiger partial charge is 0.257 e. The molecule has 0 aliphatic heterocycles. The summed E-state index contributed by atoms with van der Waals surface area (Å²) in [6.07, 6.45) is 0.583. The van der Waals surface area contributed by atoms with Crippen LogP contribution in [0.1, 0.15) is 28.5 Å². The van der Waals surface area contributed by atoms with Crippen LogP contribution in [0.15, 0.2) is 57.1 Å². The minimum absolute atomic E-state index is 0.212. The standard InChI is InChI=1S/C21H18BrN5O2S/c1-3-13-12(2)23-21(25-19(13)28)27-18(11-16(26-27)17-9-6-10-30-17)24-20(29)14-7-4-5-8-15(14)22/h4-11H,3H2,1-2H3,(H,24,29)(H,23,25,28). The second kappa shape index (κ2) is 8.37. The average Bonchev–Trinajstić information content (AvgIpc) is 3.38. The van der Waals surface area contributed by atoms with E-state index in [0.717, 1.165) is 4.88 Å². The molecule has 30 heavy (non-hydrogen) atoms. The molecule has 0 saturated carbocycles. The van der Waals surface area contributed by atoms with E-state index in [2.05, 4.69) is 36.3 Å². The Morgan fingerprint density at radius 1 is 1.27 bits per heavy atom. The number of nitrogens with zero attached hydrogens (tertiary/aromatic N) is 3. The summed E-state index contributed by atoms with van der Waals surface area (Å²) < 4.78 is 2.14. The van der Waals surface area contributed by atoms with Crippen molar-refractivity contribution in [2.24, 2.45) is 0 Å². The number of aromatic nitrogens is 4. The normalized spacial score (nSPS) is 10.9. The van der Waals surface area contributed by atoms with Crippen LogP contribution in [0.3, 0.4) is 0 Å². The van der Waals surface area contributed by atoms with E-state index < -0.39 is 0 Å². The fraction of sp³-hybridized carbons (Fsp3) is 0.143. The molecular weight excluding hydrogens is 466 g/mol. The van der Waals surface area contributed by atoms with E-state index in [9.17, 15) is 9.59 Å². The van der Waals surface area contributed by atoms with Gasteiger partial charge in [0.05, 0.1) is 10.4 Å². The molecule has 0 aliphatic rings. The number of aromatic amines is 1. The summed E-state index contributed by atoms with van der Waals surface area (Å²) in [6, 6.07) is 12.8. The number of H-pyrrole nitrogens is 1. The molecule has 3 aromatic heterocycles. The maximum Gasteiger partial charge on any atom is 0.257 e. The summed E-state index contributed by atoms with van der Waals surface area (Å²) in [5.41, 5.74) is 2.21. The van der Waals surface area contributed by atoms with Gasteiger partial charge in [0, 0.05) is 21.8 Å². The van der Waals surface area contributed by atoms with Crippen molar-refractivity contribution in [3.05, 3.63) is 79.5 Å². The fourth-order valence-corrected chi connectivity index (χ4v) is 4.26. The lowest BCUT2D eigenvalue weighted by Crippen LogP contribution is -2.22. The van der Waals surface area contributed by atoms with Crippen LogP contribution in [-0.2, 0) is 6.42 Å². The van der Waals surface area contributed by atoms with Crippen LogP contribution in [0.5, 0.6) is 0 Å². The van der Waals surface area contributed by atoms with Crippen LogP contribution < -0.4 is 10.9 Å². The van der Waals surface area contributed by atoms with Gasteiger partial charge in [-0.2, -0.15) is 9.78 Å². The van der Waals surface area contributed by atoms with E-state index in [1.807, 2.05) is 30.5 Å². The van der Waals surface area contributed by atoms with Crippen molar-refractivity contribution >= 4 is 39.0 Å². The molecule has 0 aliphatic carbocycles. The number of hydrogen-bond donors (Lipinski definition) is 2. The number of rotatable bonds is 5. The molecule has 152 valence electrons. The van der Waals surface area contributed by atoms with Gasteiger partial charge in [0.2, 0.25) is 5.95 Å². The highest BCUT2D eigenvalue weighted by Crippen LogP contribution is 2.28. The van der Waals surface area contributed by atoms with Gasteiger partial charge >= 0.3 is 0 Å². The summed E-state index contributed by atoms with van der Waals surface area (Å²) in [6.45, 7) is 3.70. The third-order valence-corrected chi connectivity index (χ3v) is 6.19. The number of amides is 1. The van der Waals surface area contributed by atoms with Crippen LogP contribution in [0.2, 0.25) is 0 Å². The quantitative estimate of drug-likeness (QED) is 0.434. The number of carbonyl (C=O) groups is 1. The molecular formula is C21H18BrN5O2S. The Morgan fingerprint density at radius 2 is 2.07 bits per heavy atom. The zero-order valence-electron chi connectivity index (χ0n) is 16.3. The molecule has 4 rings (SSSR count). The van der Waals surface area contributed by atoms with Gasteiger partial charge in [-0.1, -0.05) is 25.1 Å². The maximum absolute atomic E-state index is 12.9. The highest BCUT2D eigenvalue weighted by Gasteiger charge is 2.18. The van der Waals surface area contributed by atoms with Gasteiger partial charge in [-0.3, -0.25) is 14.6 Å². The summed E-state index contributed by atoms with van der Waals surface area (Å²) in [5, 5.41) is 9.44. The Balaban J connectivity index is 1.81. The third-order valence-electron chi connectivity index (χ3n) is 4.61. The monoisotopic (exact) mass is 483 g/mol. The highest BCUT2D eigenvalue weighted by atomic mass is 79.9. The summed E-state index contributed by atoms with van der Waals surface area (Å²) in [7, 11) is 0. The number of hydrogen-bond acceptors (Lipinski definition) is 5. The number of thiophene rings is 1. The third kappa shape index (κ3) is 3.86. The summed E-state index contributed by atoms with van der Waals surface area (Å²) in [4.78, 5) is 33.6. The topological polar surface area (TPSA) is 92.7 Å². The van der Waals surface area contributed by atoms with Gasteiger partial charge in [0.15, 0.2) is 0 Å². The zero-order chi connectivity index (χ0) is 21.3. The number of aryl methyl sites for hydroxylation is 1. The predicted octanol–water partition coefficient (Wildman–Crippen LogP) is 4.57. The number of benzene rings is 1. The Hall–Kier alpha value is -3.04. The SMILES string of the molecule is CCc1c(C)nc(-n2nc(-c3cccs3)cc2NC(=O)c2ccccc2Br)[nH]c1=O. The van der Waals surface area contributed by atoms with E-state index in [4.69, 9.17) is 0 Å². The molecule has 1 aromatic carbocycles. The molecule has 0 atom stereocenters. The van der Waals surface area contributed by atoms with Crippen molar-refractivity contribution in [2.45, 2.75) is 20.3 Å². The molecule has 0 fully saturated rings. The van der Waals surface area contributed by atoms with Crippen LogP contribution in [-0.4, -0.2) is 25.7 Å². The molecule has 0 radical (unpaired) electrons. The van der Waals surface area contributed by atoms with Crippen LogP contribution in [0.4, 0.5) is 5.82 Å². The van der Waals surface area contributed by atoms with Crippen molar-refractivity contribution in [1.29, 1.82) is 0 Å². The van der Waals surface area contributed by atoms with Gasteiger partial charge in [-0.05, 0) is 52.9 Å². The molecule has 3 heterocycles. The lowest BCUT2D eigenvalue weighted by Gasteiger charge is -2.10. The van der Waals surface area contributed by atoms with E-state index in [0.29, 0.717) is 39.2 Å². The Morgan fingerprint density at radius 3 is 2.73 bits per heavy atom. The van der Waals surface area contributed by atoms with E-state index in [1.54, 1.807) is 31.2 Å². The minimum Gasteiger partial charge on any atom is -0.306 e. The highest BCUT2D eigenvalue weighted by molar-refractivity contribution is 9.10. The first-order valence-electron chi connectivity index (χ1n) is 9.28. The van der Waals surface area contributed by atoms with Gasteiger partial charge in [-0.25, -0.2) is 4.98 Å². The largest absolute Gasteiger partial charge is 0.306 e. The van der Waals surface area contributed by atoms with Crippen molar-refractivity contribution in [3.8, 4) is 16.5 Å². The maximum atomic E-state index is 12.9. The molecule has 0 spiro atoms. The van der Waals surface area contributed by atoms with E-state index in [-0.39, 0.29) is 17.4 Å².